The van der Waals surface area contributed by atoms with E-state index >= 15 is 0 Å². The number of allylic oxidation sites excluding steroid dienone is 2. The number of nitrogens with zero attached hydrogens (tertiary/aromatic N) is 6. The normalized spacial score (nSPS) is 21.5. The number of aromatic amines is 1. The van der Waals surface area contributed by atoms with Gasteiger partial charge >= 0.3 is 11.9 Å². The summed E-state index contributed by atoms with van der Waals surface area (Å²) in [6.45, 7) is 6.63. The van der Waals surface area contributed by atoms with Gasteiger partial charge in [-0.05, 0) is 51.0 Å². The van der Waals surface area contributed by atoms with Crippen LogP contribution < -0.4 is 43.3 Å². The van der Waals surface area contributed by atoms with Crippen molar-refractivity contribution in [2.24, 2.45) is 16.9 Å². The van der Waals surface area contributed by atoms with E-state index in [0.29, 0.717) is 70.8 Å². The van der Waals surface area contributed by atoms with E-state index in [9.17, 15) is 63.0 Å². The number of nitrogens with two attached hydrogens (primary N) is 1. The summed E-state index contributed by atoms with van der Waals surface area (Å²) in [5.41, 5.74) is 9.93. The number of H-pyrrole nitrogens is 1. The number of Topliss-reactive ketones (excluding diaryl/α,β-unsaturated/α-hetero) is 3. The van der Waals surface area contributed by atoms with Crippen molar-refractivity contribution in [3.05, 3.63) is 74.6 Å². The van der Waals surface area contributed by atoms with Crippen LogP contribution >= 0.6 is 33.3 Å². The number of thioether (sulfide) groups is 1. The number of hydrogen-bond acceptors (Lipinski definition) is 24. The molecule has 3 fully saturated rings. The van der Waals surface area contributed by atoms with Gasteiger partial charge in [0.15, 0.2) is 16.9 Å². The Morgan fingerprint density at radius 1 is 0.940 bits per heavy atom. The third-order valence-corrected chi connectivity index (χ3v) is 18.7. The van der Waals surface area contributed by atoms with Gasteiger partial charge in [-0.3, -0.25) is 57.8 Å². The highest BCUT2D eigenvalue weighted by molar-refractivity contribution is 8.76. The summed E-state index contributed by atoms with van der Waals surface area (Å²) in [6, 6.07) is 4.82. The molecule has 84 heavy (non-hydrogen) atoms. The maximum absolute atomic E-state index is 13.7. The second-order valence-electron chi connectivity index (χ2n) is 20.5. The predicted molar refractivity (Wildman–Crippen MR) is 310 cm³/mol. The number of ketones is 3. The number of benzene rings is 1. The zero-order valence-corrected chi connectivity index (χ0v) is 48.7. The second kappa shape index (κ2) is 27.3. The molecule has 3 aromatic rings. The highest BCUT2D eigenvalue weighted by Gasteiger charge is 2.71. The first-order valence-corrected chi connectivity index (χ1v) is 30.4. The monoisotopic (exact) mass is 1220 g/mol. The fraction of sp³-hybridized carbons (Fsp3) is 0.491. The lowest BCUT2D eigenvalue weighted by atomic mass is 9.83. The summed E-state index contributed by atoms with van der Waals surface area (Å²) in [5, 5.41) is 37.7. The zero-order valence-electron chi connectivity index (χ0n) is 46.2. The molecule has 4 aliphatic heterocycles. The van der Waals surface area contributed by atoms with Gasteiger partial charge in [0.2, 0.25) is 41.1 Å². The number of carbonyl (C=O) groups excluding carboxylic acids is 8. The van der Waals surface area contributed by atoms with Crippen LogP contribution in [0.3, 0.4) is 0 Å². The molecular formula is C53H64N14O14S3. The Balaban J connectivity index is 0.665. The van der Waals surface area contributed by atoms with E-state index in [1.54, 1.807) is 54.7 Å². The number of imide groups is 1. The van der Waals surface area contributed by atoms with Crippen molar-refractivity contribution in [3.8, 4) is 0 Å². The Morgan fingerprint density at radius 3 is 2.39 bits per heavy atom. The van der Waals surface area contributed by atoms with Crippen molar-refractivity contribution in [1.82, 2.24) is 56.4 Å². The van der Waals surface area contributed by atoms with Crippen LogP contribution in [0.15, 0.2) is 62.9 Å². The van der Waals surface area contributed by atoms with Gasteiger partial charge in [-0.25, -0.2) is 20.2 Å². The number of methoxy groups -OCH3 is 1. The number of carboxylic acids is 2. The molecule has 0 radical (unpaired) electrons. The van der Waals surface area contributed by atoms with Crippen LogP contribution in [0.2, 0.25) is 0 Å². The summed E-state index contributed by atoms with van der Waals surface area (Å²) in [6.07, 6.45) is 0.00623. The lowest BCUT2D eigenvalue weighted by molar-refractivity contribution is -0.143. The van der Waals surface area contributed by atoms with E-state index < -0.39 is 76.3 Å². The minimum Gasteiger partial charge on any atom is -0.481 e. The fourth-order valence-electron chi connectivity index (χ4n) is 10.4. The van der Waals surface area contributed by atoms with Crippen LogP contribution in [-0.4, -0.2) is 184 Å². The number of nitrogens with one attached hydrogen (secondary N) is 7. The van der Waals surface area contributed by atoms with Crippen LogP contribution in [0, 0.1) is 11.8 Å². The summed E-state index contributed by atoms with van der Waals surface area (Å²) in [4.78, 5) is 158. The maximum Gasteiger partial charge on any atom is 0.326 e. The van der Waals surface area contributed by atoms with E-state index in [0.717, 1.165) is 16.7 Å². The van der Waals surface area contributed by atoms with Crippen molar-refractivity contribution < 1.29 is 62.9 Å². The van der Waals surface area contributed by atoms with Crippen molar-refractivity contribution in [2.45, 2.75) is 101 Å². The van der Waals surface area contributed by atoms with E-state index in [1.807, 2.05) is 11.8 Å². The number of carboxylic acid groups (broad SMARTS) is 2. The number of hydrazone groups is 1. The third kappa shape index (κ3) is 14.2. The summed E-state index contributed by atoms with van der Waals surface area (Å²) < 4.78 is 6.00. The van der Waals surface area contributed by atoms with Gasteiger partial charge in [0.25, 0.3) is 11.5 Å². The maximum atomic E-state index is 13.7. The number of aromatic nitrogens is 4. The standard InChI is InChI=1S/C53H64N14O14S3/c1-25(5-12-36(69)55-14-17-83-84-18-15-56-40-26(2)43(72)42-39(44(40)73)27(3)53(81-4)45-34(60-45)23-67(42)53)64-65-37(70)13-16-66-38(71)20-35(49(66)76)82-24-29(50(77)78)19-32(68)10-11-33(51(79)80)61-47(74)28-6-8-30(9-7-28)57-21-31-22-58-46-41(59-31)48(75)63-52(54)62-46/h6-9,22,27,29,33-35,45,56-57,60H,5,10-21,23-24H2,1-4H3,(H,55,69)(H,61,74)(H,65,70)(H,77,78)(H,79,80)(H3,54,58,62,63,75)/b64-25+/t27?,29-,33-,34?,35?,45?,53+/m0/s1. The molecule has 28 nitrogen and oxygen atoms in total. The van der Waals surface area contributed by atoms with E-state index in [-0.39, 0.29) is 116 Å². The van der Waals surface area contributed by atoms with Gasteiger partial charge in [0, 0.05) is 123 Å². The summed E-state index contributed by atoms with van der Waals surface area (Å²) in [5.74, 6) is -7.05. The molecule has 8 rings (SSSR count). The van der Waals surface area contributed by atoms with Crippen molar-refractivity contribution >= 4 is 121 Å². The number of anilines is 2. The molecule has 3 saturated heterocycles. The molecule has 1 aliphatic carbocycles. The van der Waals surface area contributed by atoms with Gasteiger partial charge in [0.05, 0.1) is 47.0 Å². The van der Waals surface area contributed by atoms with Crippen molar-refractivity contribution in [3.63, 3.8) is 0 Å². The van der Waals surface area contributed by atoms with Crippen LogP contribution in [0.5, 0.6) is 0 Å². The number of piperazine rings is 1. The van der Waals surface area contributed by atoms with Gasteiger partial charge in [0.1, 0.15) is 11.8 Å². The van der Waals surface area contributed by atoms with E-state index in [2.05, 4.69) is 57.0 Å². The molecule has 1 aromatic carbocycles. The first-order chi connectivity index (χ1) is 40.1. The van der Waals surface area contributed by atoms with Gasteiger partial charge in [-0.1, -0.05) is 28.5 Å². The number of rotatable bonds is 31. The van der Waals surface area contributed by atoms with Gasteiger partial charge in [-0.15, -0.1) is 11.8 Å². The Morgan fingerprint density at radius 2 is 1.68 bits per heavy atom. The molecular weight excluding hydrogens is 1150 g/mol. The van der Waals surface area contributed by atoms with E-state index in [4.69, 9.17) is 10.5 Å². The zero-order chi connectivity index (χ0) is 60.6. The Labute approximate surface area is 492 Å². The molecule has 4 unspecified atom stereocenters. The number of ether oxygens (including phenoxy) is 1. The summed E-state index contributed by atoms with van der Waals surface area (Å²) >= 11 is 0.883. The average Bonchev–Trinajstić information content (AvgIpc) is 1.53. The molecule has 11 N–H and O–H groups in total. The minimum absolute atomic E-state index is 0.00452. The molecule has 0 bridgehead atoms. The lowest BCUT2D eigenvalue weighted by Gasteiger charge is -2.38. The number of aliphatic carboxylic acids is 2. The smallest absolute Gasteiger partial charge is 0.326 e. The number of nitrogen functional groups attached to an aromatic ring is 1. The van der Waals surface area contributed by atoms with Crippen molar-refractivity contribution in [1.29, 1.82) is 0 Å². The van der Waals surface area contributed by atoms with Crippen LogP contribution in [0.4, 0.5) is 11.6 Å². The number of amides is 5. The van der Waals surface area contributed by atoms with Gasteiger partial charge < -0.3 is 52.2 Å². The quantitative estimate of drug-likeness (QED) is 0.00796. The molecule has 0 spiro atoms. The first kappa shape index (κ1) is 62.3. The predicted octanol–water partition coefficient (Wildman–Crippen LogP) is 0.469. The lowest BCUT2D eigenvalue weighted by Crippen LogP contribution is -2.53. The topological polar surface area (TPSA) is 419 Å². The highest BCUT2D eigenvalue weighted by Crippen LogP contribution is 2.55. The number of fused-ring (bicyclic) bond motifs is 5. The number of likely N-dealkylation sites (tertiary alicyclic amines) is 1. The molecule has 2 aromatic heterocycles. The Hall–Kier alpha value is -7.74. The fourth-order valence-corrected chi connectivity index (χ4v) is 13.5. The van der Waals surface area contributed by atoms with Crippen LogP contribution in [0.25, 0.3) is 11.2 Å². The molecule has 448 valence electrons. The molecule has 7 atom stereocenters. The molecule has 5 amide bonds. The first-order valence-electron chi connectivity index (χ1n) is 26.9. The molecule has 6 heterocycles. The summed E-state index contributed by atoms with van der Waals surface area (Å²) in [7, 11) is 4.74. The molecule has 0 saturated carbocycles. The number of carbonyl (C=O) groups is 10. The second-order valence-corrected chi connectivity index (χ2v) is 24.5. The Kier molecular flexibility index (Phi) is 20.3. The highest BCUT2D eigenvalue weighted by atomic mass is 33.1. The van der Waals surface area contributed by atoms with E-state index in [1.165, 1.54) is 18.3 Å². The van der Waals surface area contributed by atoms with Crippen LogP contribution in [0.1, 0.15) is 81.8 Å². The minimum atomic E-state index is -1.49. The number of hydrogen-bond donors (Lipinski definition) is 10. The SMILES string of the molecule is CO[C@@]12C(C)C3=C(C(=O)C(C)=C(NCCSSCCNC(=O)CC/C(C)=N/NC(=O)CCN4C(=O)CC(SC[C@H](CC(=O)CC[C@H](NC(=O)c5ccc(NCc6cnc7nc(N)[nH]c(=O)c7n6)cc5)C(=O)O)C(=O)O)C4=O)C3=O)N1CC1NC12. The van der Waals surface area contributed by atoms with Gasteiger partial charge in [-0.2, -0.15) is 10.1 Å². The van der Waals surface area contributed by atoms with Crippen LogP contribution in [-0.2, 0) is 54.4 Å². The Bertz CT molecular complexity index is 3320. The molecule has 31 heteroatoms. The largest absolute Gasteiger partial charge is 0.481 e. The third-order valence-electron chi connectivity index (χ3n) is 14.9. The van der Waals surface area contributed by atoms with Crippen molar-refractivity contribution in [2.75, 3.05) is 61.6 Å². The average molecular weight is 1220 g/mol. The molecule has 5 aliphatic rings.